The molecule has 0 radical (unpaired) electrons. The fourth-order valence-corrected chi connectivity index (χ4v) is 2.88. The lowest BCUT2D eigenvalue weighted by molar-refractivity contribution is 0.0827. The molecule has 1 aromatic heterocycles. The number of nitrogens with one attached hydrogen (secondary N) is 3. The highest BCUT2D eigenvalue weighted by Crippen LogP contribution is 2.21. The third kappa shape index (κ3) is 7.44. The van der Waals surface area contributed by atoms with Gasteiger partial charge in [-0.1, -0.05) is 35.3 Å². The van der Waals surface area contributed by atoms with E-state index in [9.17, 15) is 4.79 Å². The molecule has 9 heteroatoms. The van der Waals surface area contributed by atoms with Crippen LogP contribution in [0.2, 0.25) is 10.0 Å². The molecule has 2 rings (SSSR count). The van der Waals surface area contributed by atoms with Gasteiger partial charge >= 0.3 is 0 Å². The first-order valence-corrected chi connectivity index (χ1v) is 10.0. The zero-order valence-corrected chi connectivity index (χ0v) is 18.3. The minimum atomic E-state index is -0.0159. The summed E-state index contributed by atoms with van der Waals surface area (Å²) in [6.45, 7) is 4.50. The molecular weight excluding hydrogens is 411 g/mol. The largest absolute Gasteiger partial charge is 0.367 e. The van der Waals surface area contributed by atoms with Gasteiger partial charge in [-0.3, -0.25) is 4.79 Å². The molecule has 156 valence electrons. The summed E-state index contributed by atoms with van der Waals surface area (Å²) in [4.78, 5) is 22.2. The van der Waals surface area contributed by atoms with Gasteiger partial charge in [-0.05, 0) is 30.7 Å². The van der Waals surface area contributed by atoms with Crippen LogP contribution in [0.4, 0.5) is 5.82 Å². The summed E-state index contributed by atoms with van der Waals surface area (Å²) in [6.07, 6.45) is 1.55. The van der Waals surface area contributed by atoms with Crippen LogP contribution < -0.4 is 16.0 Å². The first kappa shape index (κ1) is 22.8. The molecule has 7 nitrogen and oxygen atoms in total. The first-order chi connectivity index (χ1) is 13.9. The number of hydrogen-bond donors (Lipinski definition) is 3. The monoisotopic (exact) mass is 436 g/mol. The Balaban J connectivity index is 1.86. The molecule has 29 heavy (non-hydrogen) atoms. The molecule has 0 unspecified atom stereocenters. The van der Waals surface area contributed by atoms with Gasteiger partial charge in [0.05, 0.1) is 16.6 Å². The SMILES string of the molecule is CCNC(=NCc1ccc(C(=O)N(C)C)cc1)NCCNc1ncc(Cl)cc1Cl. The van der Waals surface area contributed by atoms with Crippen molar-refractivity contribution >= 4 is 40.9 Å². The van der Waals surface area contributed by atoms with Crippen LogP contribution in [-0.2, 0) is 6.54 Å². The molecule has 0 aliphatic rings. The van der Waals surface area contributed by atoms with Gasteiger partial charge in [-0.25, -0.2) is 9.98 Å². The smallest absolute Gasteiger partial charge is 0.253 e. The number of benzene rings is 1. The maximum Gasteiger partial charge on any atom is 0.253 e. The Kier molecular flexibility index (Phi) is 9.02. The van der Waals surface area contributed by atoms with E-state index >= 15 is 0 Å². The van der Waals surface area contributed by atoms with Crippen molar-refractivity contribution in [3.8, 4) is 0 Å². The number of carbonyl (C=O) groups excluding carboxylic acids is 1. The van der Waals surface area contributed by atoms with Gasteiger partial charge in [0.25, 0.3) is 5.91 Å². The normalized spacial score (nSPS) is 11.1. The zero-order chi connectivity index (χ0) is 21.2. The lowest BCUT2D eigenvalue weighted by Gasteiger charge is -2.13. The Hall–Kier alpha value is -2.51. The molecule has 1 aromatic carbocycles. The Morgan fingerprint density at radius 1 is 1.14 bits per heavy atom. The molecule has 0 saturated carbocycles. The second-order valence-corrected chi connectivity index (χ2v) is 7.27. The van der Waals surface area contributed by atoms with E-state index < -0.39 is 0 Å². The zero-order valence-electron chi connectivity index (χ0n) is 16.8. The Morgan fingerprint density at radius 2 is 1.86 bits per heavy atom. The molecule has 0 aliphatic heterocycles. The number of carbonyl (C=O) groups is 1. The van der Waals surface area contributed by atoms with Crippen LogP contribution in [0.3, 0.4) is 0 Å². The highest BCUT2D eigenvalue weighted by Gasteiger charge is 2.07. The van der Waals surface area contributed by atoms with E-state index in [4.69, 9.17) is 23.2 Å². The van der Waals surface area contributed by atoms with Crippen molar-refractivity contribution in [2.24, 2.45) is 4.99 Å². The molecule has 1 heterocycles. The van der Waals surface area contributed by atoms with E-state index in [1.165, 1.54) is 0 Å². The summed E-state index contributed by atoms with van der Waals surface area (Å²) in [6, 6.07) is 9.12. The quantitative estimate of drug-likeness (QED) is 0.336. The average molecular weight is 437 g/mol. The predicted molar refractivity (Wildman–Crippen MR) is 120 cm³/mol. The van der Waals surface area contributed by atoms with Gasteiger partial charge in [0.15, 0.2) is 5.96 Å². The van der Waals surface area contributed by atoms with Gasteiger partial charge < -0.3 is 20.9 Å². The van der Waals surface area contributed by atoms with E-state index in [0.29, 0.717) is 47.0 Å². The van der Waals surface area contributed by atoms with E-state index in [1.807, 2.05) is 31.2 Å². The number of nitrogens with zero attached hydrogens (tertiary/aromatic N) is 3. The average Bonchev–Trinajstić information content (AvgIpc) is 2.70. The number of guanidine groups is 1. The lowest BCUT2D eigenvalue weighted by atomic mass is 10.1. The summed E-state index contributed by atoms with van der Waals surface area (Å²) in [5, 5.41) is 10.6. The molecule has 2 aromatic rings. The van der Waals surface area contributed by atoms with Crippen molar-refractivity contribution in [1.82, 2.24) is 20.5 Å². The summed E-state index contributed by atoms with van der Waals surface area (Å²) < 4.78 is 0. The van der Waals surface area contributed by atoms with Crippen molar-refractivity contribution < 1.29 is 4.79 Å². The Bertz CT molecular complexity index is 839. The molecule has 0 bridgehead atoms. The molecule has 0 spiro atoms. The van der Waals surface area contributed by atoms with E-state index in [2.05, 4.69) is 25.9 Å². The van der Waals surface area contributed by atoms with Crippen molar-refractivity contribution in [3.05, 3.63) is 57.7 Å². The summed E-state index contributed by atoms with van der Waals surface area (Å²) in [5.74, 6) is 1.28. The maximum atomic E-state index is 11.9. The molecule has 3 N–H and O–H groups in total. The molecular formula is C20H26Cl2N6O. The first-order valence-electron chi connectivity index (χ1n) is 9.28. The number of aliphatic imine (C=N–C) groups is 1. The molecule has 1 amide bonds. The number of anilines is 1. The number of halogens is 2. The second-order valence-electron chi connectivity index (χ2n) is 6.43. The number of pyridine rings is 1. The van der Waals surface area contributed by atoms with Crippen LogP contribution in [0.5, 0.6) is 0 Å². The number of amides is 1. The molecule has 0 fully saturated rings. The third-order valence-corrected chi connectivity index (χ3v) is 4.38. The van der Waals surface area contributed by atoms with Crippen molar-refractivity contribution in [1.29, 1.82) is 0 Å². The minimum Gasteiger partial charge on any atom is -0.367 e. The predicted octanol–water partition coefficient (Wildman–Crippen LogP) is 3.26. The Labute approximate surface area is 181 Å². The van der Waals surface area contributed by atoms with Crippen LogP contribution in [-0.4, -0.2) is 55.5 Å². The fraction of sp³-hybridized carbons (Fsp3) is 0.350. The summed E-state index contributed by atoms with van der Waals surface area (Å²) in [5.41, 5.74) is 1.68. The topological polar surface area (TPSA) is 81.7 Å². The van der Waals surface area contributed by atoms with Gasteiger partial charge in [-0.2, -0.15) is 0 Å². The fourth-order valence-electron chi connectivity index (χ4n) is 2.43. The van der Waals surface area contributed by atoms with E-state index in [-0.39, 0.29) is 5.91 Å². The molecule has 0 atom stereocenters. The number of aromatic nitrogens is 1. The minimum absolute atomic E-state index is 0.0159. The van der Waals surface area contributed by atoms with Crippen LogP contribution in [0.15, 0.2) is 41.5 Å². The van der Waals surface area contributed by atoms with Crippen molar-refractivity contribution in [2.75, 3.05) is 39.0 Å². The summed E-state index contributed by atoms with van der Waals surface area (Å²) >= 11 is 11.9. The van der Waals surface area contributed by atoms with E-state index in [0.717, 1.165) is 12.1 Å². The van der Waals surface area contributed by atoms with Crippen LogP contribution >= 0.6 is 23.2 Å². The van der Waals surface area contributed by atoms with Crippen LogP contribution in [0.25, 0.3) is 0 Å². The second kappa shape index (κ2) is 11.5. The molecule has 0 aliphatic carbocycles. The van der Waals surface area contributed by atoms with Gasteiger partial charge in [-0.15, -0.1) is 0 Å². The highest BCUT2D eigenvalue weighted by atomic mass is 35.5. The Morgan fingerprint density at radius 3 is 2.48 bits per heavy atom. The van der Waals surface area contributed by atoms with Crippen LogP contribution in [0.1, 0.15) is 22.8 Å². The van der Waals surface area contributed by atoms with Gasteiger partial charge in [0.1, 0.15) is 5.82 Å². The molecule has 0 saturated heterocycles. The van der Waals surface area contributed by atoms with Crippen LogP contribution in [0, 0.1) is 0 Å². The third-order valence-electron chi connectivity index (χ3n) is 3.89. The van der Waals surface area contributed by atoms with Gasteiger partial charge in [0.2, 0.25) is 0 Å². The number of hydrogen-bond acceptors (Lipinski definition) is 4. The lowest BCUT2D eigenvalue weighted by Crippen LogP contribution is -2.39. The highest BCUT2D eigenvalue weighted by molar-refractivity contribution is 6.35. The maximum absolute atomic E-state index is 11.9. The van der Waals surface area contributed by atoms with E-state index in [1.54, 1.807) is 31.3 Å². The standard InChI is InChI=1S/C20H26Cl2N6O/c1-4-23-20(25-10-9-24-18-17(22)11-16(21)13-26-18)27-12-14-5-7-15(8-6-14)19(29)28(2)3/h5-8,11,13H,4,9-10,12H2,1-3H3,(H,24,26)(H2,23,25,27). The van der Waals surface area contributed by atoms with Gasteiger partial charge in [0, 0.05) is 45.5 Å². The van der Waals surface area contributed by atoms with Crippen molar-refractivity contribution in [3.63, 3.8) is 0 Å². The van der Waals surface area contributed by atoms with Crippen molar-refractivity contribution in [2.45, 2.75) is 13.5 Å². The number of rotatable bonds is 8. The summed E-state index contributed by atoms with van der Waals surface area (Å²) in [7, 11) is 3.47.